The van der Waals surface area contributed by atoms with Crippen LogP contribution in [0.3, 0.4) is 0 Å². The van der Waals surface area contributed by atoms with Crippen LogP contribution in [-0.2, 0) is 0 Å². The lowest BCUT2D eigenvalue weighted by Gasteiger charge is -2.10. The third-order valence-electron chi connectivity index (χ3n) is 3.10. The molecule has 0 saturated carbocycles. The molecular weight excluding hydrogens is 310 g/mol. The highest BCUT2D eigenvalue weighted by Gasteiger charge is 2.13. The highest BCUT2D eigenvalue weighted by molar-refractivity contribution is 7.71. The molecule has 0 fully saturated rings. The highest BCUT2D eigenvalue weighted by atomic mass is 35.5. The Hall–Kier alpha value is -2.05. The highest BCUT2D eigenvalue weighted by Crippen LogP contribution is 2.29. The quantitative estimate of drug-likeness (QED) is 0.746. The van der Waals surface area contributed by atoms with Gasteiger partial charge in [-0.3, -0.25) is 4.57 Å². The first kappa shape index (κ1) is 13.9. The Morgan fingerprint density at radius 1 is 1.19 bits per heavy atom. The van der Waals surface area contributed by atoms with E-state index in [-0.39, 0.29) is 0 Å². The second-order valence-corrected chi connectivity index (χ2v) is 5.13. The summed E-state index contributed by atoms with van der Waals surface area (Å²) >= 11 is 11.5. The van der Waals surface area contributed by atoms with E-state index in [0.29, 0.717) is 27.1 Å². The number of halogens is 1. The van der Waals surface area contributed by atoms with Gasteiger partial charge in [0.1, 0.15) is 5.75 Å². The zero-order chi connectivity index (χ0) is 15.0. The van der Waals surface area contributed by atoms with Crippen molar-refractivity contribution in [1.82, 2.24) is 14.5 Å². The van der Waals surface area contributed by atoms with Crippen LogP contribution in [0.1, 0.15) is 0 Å². The van der Waals surface area contributed by atoms with E-state index in [1.54, 1.807) is 43.1 Å². The molecule has 0 aliphatic heterocycles. The van der Waals surface area contributed by atoms with Crippen molar-refractivity contribution in [1.29, 1.82) is 0 Å². The van der Waals surface area contributed by atoms with E-state index in [0.717, 1.165) is 11.2 Å². The molecule has 0 radical (unpaired) electrons. The fourth-order valence-electron chi connectivity index (χ4n) is 2.14. The van der Waals surface area contributed by atoms with Crippen molar-refractivity contribution < 1.29 is 9.47 Å². The maximum atomic E-state index is 6.09. The smallest absolute Gasteiger partial charge is 0.215 e. The lowest BCUT2D eigenvalue weighted by Crippen LogP contribution is -2.00. The van der Waals surface area contributed by atoms with Crippen molar-refractivity contribution in [2.75, 3.05) is 14.2 Å². The molecule has 0 atom stereocenters. The molecule has 3 aromatic rings. The minimum atomic E-state index is 0.506. The van der Waals surface area contributed by atoms with Crippen molar-refractivity contribution in [3.63, 3.8) is 0 Å². The summed E-state index contributed by atoms with van der Waals surface area (Å²) in [5.41, 5.74) is 2.18. The molecule has 0 aliphatic rings. The van der Waals surface area contributed by atoms with Gasteiger partial charge >= 0.3 is 0 Å². The summed E-state index contributed by atoms with van der Waals surface area (Å²) in [5, 5.41) is 0.588. The predicted molar refractivity (Wildman–Crippen MR) is 84.4 cm³/mol. The Bertz CT molecular complexity index is 872. The van der Waals surface area contributed by atoms with E-state index in [1.165, 1.54) is 0 Å². The normalized spacial score (nSPS) is 10.8. The molecule has 21 heavy (non-hydrogen) atoms. The van der Waals surface area contributed by atoms with E-state index < -0.39 is 0 Å². The number of imidazole rings is 1. The van der Waals surface area contributed by atoms with E-state index in [4.69, 9.17) is 33.3 Å². The second-order valence-electron chi connectivity index (χ2n) is 4.31. The molecule has 108 valence electrons. The zero-order valence-electron chi connectivity index (χ0n) is 11.4. The van der Waals surface area contributed by atoms with Crippen molar-refractivity contribution in [2.45, 2.75) is 0 Å². The first-order valence-corrected chi connectivity index (χ1v) is 6.92. The number of aromatic amines is 1. The number of pyridine rings is 1. The average molecular weight is 322 g/mol. The average Bonchev–Trinajstić information content (AvgIpc) is 2.81. The maximum absolute atomic E-state index is 6.09. The minimum Gasteiger partial charge on any atom is -0.495 e. The first-order valence-electron chi connectivity index (χ1n) is 6.13. The molecule has 1 aromatic carbocycles. The topological polar surface area (TPSA) is 52.1 Å². The number of hydrogen-bond donors (Lipinski definition) is 1. The lowest BCUT2D eigenvalue weighted by molar-refractivity contribution is 0.399. The number of methoxy groups -OCH3 is 2. The SMILES string of the molecule is COc1ccc2[nH]c(=S)n(-c3cc(Cl)ccc3OC)c2n1. The fourth-order valence-corrected chi connectivity index (χ4v) is 2.60. The summed E-state index contributed by atoms with van der Waals surface area (Å²) in [6.45, 7) is 0. The molecule has 0 bridgehead atoms. The van der Waals surface area contributed by atoms with Gasteiger partial charge in [0.15, 0.2) is 10.4 Å². The molecular formula is C14H12ClN3O2S. The van der Waals surface area contributed by atoms with Crippen LogP contribution in [0.5, 0.6) is 11.6 Å². The van der Waals surface area contributed by atoms with Crippen LogP contribution < -0.4 is 9.47 Å². The molecule has 5 nitrogen and oxygen atoms in total. The Morgan fingerprint density at radius 3 is 2.71 bits per heavy atom. The maximum Gasteiger partial charge on any atom is 0.215 e. The van der Waals surface area contributed by atoms with Crippen LogP contribution in [0.15, 0.2) is 30.3 Å². The summed E-state index contributed by atoms with van der Waals surface area (Å²) in [6, 6.07) is 8.97. The number of fused-ring (bicyclic) bond motifs is 1. The zero-order valence-corrected chi connectivity index (χ0v) is 13.0. The number of rotatable bonds is 3. The van der Waals surface area contributed by atoms with Gasteiger partial charge in [0.25, 0.3) is 0 Å². The van der Waals surface area contributed by atoms with Crippen LogP contribution >= 0.6 is 23.8 Å². The number of aromatic nitrogens is 3. The van der Waals surface area contributed by atoms with Gasteiger partial charge in [0, 0.05) is 11.1 Å². The number of ether oxygens (including phenoxy) is 2. The molecule has 2 heterocycles. The van der Waals surface area contributed by atoms with E-state index in [2.05, 4.69) is 9.97 Å². The molecule has 3 rings (SSSR count). The van der Waals surface area contributed by atoms with Gasteiger partial charge < -0.3 is 14.5 Å². The van der Waals surface area contributed by atoms with E-state index in [9.17, 15) is 0 Å². The molecule has 0 unspecified atom stereocenters. The molecule has 2 aromatic heterocycles. The van der Waals surface area contributed by atoms with Crippen molar-refractivity contribution in [3.8, 4) is 17.3 Å². The minimum absolute atomic E-state index is 0.506. The van der Waals surface area contributed by atoms with Gasteiger partial charge in [0.05, 0.1) is 25.4 Å². The van der Waals surface area contributed by atoms with Crippen LogP contribution in [-0.4, -0.2) is 28.8 Å². The number of nitrogens with one attached hydrogen (secondary N) is 1. The van der Waals surface area contributed by atoms with Crippen molar-refractivity contribution in [2.24, 2.45) is 0 Å². The lowest BCUT2D eigenvalue weighted by atomic mass is 10.3. The van der Waals surface area contributed by atoms with E-state index >= 15 is 0 Å². The Morgan fingerprint density at radius 2 is 2.00 bits per heavy atom. The van der Waals surface area contributed by atoms with Crippen molar-refractivity contribution in [3.05, 3.63) is 40.1 Å². The summed E-state index contributed by atoms with van der Waals surface area (Å²) in [6.07, 6.45) is 0. The molecule has 0 amide bonds. The van der Waals surface area contributed by atoms with Gasteiger partial charge in [-0.2, -0.15) is 4.98 Å². The van der Waals surface area contributed by atoms with Crippen LogP contribution in [0.4, 0.5) is 0 Å². The summed E-state index contributed by atoms with van der Waals surface area (Å²) in [7, 11) is 3.17. The predicted octanol–water partition coefficient (Wildman–Crippen LogP) is 3.75. The molecule has 1 N–H and O–H groups in total. The first-order chi connectivity index (χ1) is 10.1. The number of hydrogen-bond acceptors (Lipinski definition) is 4. The monoisotopic (exact) mass is 321 g/mol. The fraction of sp³-hybridized carbons (Fsp3) is 0.143. The third kappa shape index (κ3) is 2.36. The summed E-state index contributed by atoms with van der Waals surface area (Å²) < 4.78 is 12.8. The van der Waals surface area contributed by atoms with Crippen LogP contribution in [0, 0.1) is 4.77 Å². The summed E-state index contributed by atoms with van der Waals surface area (Å²) in [4.78, 5) is 7.55. The van der Waals surface area contributed by atoms with Gasteiger partial charge in [-0.05, 0) is 36.5 Å². The van der Waals surface area contributed by atoms with Gasteiger partial charge in [0.2, 0.25) is 5.88 Å². The van der Waals surface area contributed by atoms with Crippen LogP contribution in [0.2, 0.25) is 5.02 Å². The van der Waals surface area contributed by atoms with Crippen LogP contribution in [0.25, 0.3) is 16.9 Å². The standard InChI is InChI=1S/C14H12ClN3O2S/c1-19-11-5-3-8(15)7-10(11)18-13-9(16-14(18)21)4-6-12(17-13)20-2/h3-7H,1-2H3,(H,16,21). The third-order valence-corrected chi connectivity index (χ3v) is 3.62. The molecule has 7 heteroatoms. The second kappa shape index (κ2) is 5.38. The summed E-state index contributed by atoms with van der Waals surface area (Å²) in [5.74, 6) is 1.16. The molecule has 0 aliphatic carbocycles. The molecule has 0 saturated heterocycles. The van der Waals surface area contributed by atoms with Gasteiger partial charge in [-0.15, -0.1) is 0 Å². The van der Waals surface area contributed by atoms with E-state index in [1.807, 2.05) is 6.07 Å². The Kier molecular flexibility index (Phi) is 3.57. The van der Waals surface area contributed by atoms with Crippen molar-refractivity contribution >= 4 is 35.0 Å². The largest absolute Gasteiger partial charge is 0.495 e. The van der Waals surface area contributed by atoms with Gasteiger partial charge in [-0.25, -0.2) is 0 Å². The Labute approximate surface area is 131 Å². The number of nitrogens with zero attached hydrogens (tertiary/aromatic N) is 2. The molecule has 0 spiro atoms. The number of H-pyrrole nitrogens is 1. The number of benzene rings is 1. The van der Waals surface area contributed by atoms with Gasteiger partial charge in [-0.1, -0.05) is 11.6 Å². The Balaban J connectivity index is 2.36.